The summed E-state index contributed by atoms with van der Waals surface area (Å²) in [4.78, 5) is 28.3. The average molecular weight is 523 g/mol. The zero-order chi connectivity index (χ0) is 27.5. The molecule has 0 radical (unpaired) electrons. The molecule has 3 rings (SSSR count). The van der Waals surface area contributed by atoms with Crippen molar-refractivity contribution < 1.29 is 9.59 Å². The highest BCUT2D eigenvalue weighted by atomic mass is 35.5. The van der Waals surface area contributed by atoms with Crippen molar-refractivity contribution in [2.45, 2.75) is 66.2 Å². The Morgan fingerprint density at radius 3 is 2.05 bits per heavy atom. The first-order chi connectivity index (χ1) is 17.1. The van der Waals surface area contributed by atoms with Crippen LogP contribution in [0.25, 0.3) is 5.69 Å². The molecule has 0 aliphatic rings. The fourth-order valence-corrected chi connectivity index (χ4v) is 4.05. The standard InChI is InChI=1S/C30H39ClN4O2/c1-20(2)18-34(28(37)21-9-11-22(12-10-21)29(3,4)5)19-27(36)32-26-17-25(30(6,7)8)33-35(26)24-15-13-23(31)14-16-24/h9-17,20H,18-19H2,1-8H3,(H,32,36). The van der Waals surface area contributed by atoms with Gasteiger partial charge in [-0.15, -0.1) is 0 Å². The fraction of sp³-hybridized carbons (Fsp3) is 0.433. The van der Waals surface area contributed by atoms with Gasteiger partial charge in [0.1, 0.15) is 12.4 Å². The van der Waals surface area contributed by atoms with E-state index in [2.05, 4.69) is 46.9 Å². The van der Waals surface area contributed by atoms with E-state index in [9.17, 15) is 9.59 Å². The molecule has 0 atom stereocenters. The highest BCUT2D eigenvalue weighted by Gasteiger charge is 2.24. The molecule has 0 unspecified atom stereocenters. The Hall–Kier alpha value is -3.12. The number of benzene rings is 2. The summed E-state index contributed by atoms with van der Waals surface area (Å²) in [6.45, 7) is 17.1. The van der Waals surface area contributed by atoms with Crippen LogP contribution < -0.4 is 5.32 Å². The van der Waals surface area contributed by atoms with E-state index < -0.39 is 0 Å². The van der Waals surface area contributed by atoms with E-state index in [0.717, 1.165) is 16.9 Å². The summed E-state index contributed by atoms with van der Waals surface area (Å²) in [5, 5.41) is 8.36. The number of amides is 2. The number of halogens is 1. The third-order valence-corrected chi connectivity index (χ3v) is 6.27. The molecule has 6 nitrogen and oxygen atoms in total. The molecule has 2 amide bonds. The van der Waals surface area contributed by atoms with Crippen LogP contribution in [-0.4, -0.2) is 39.6 Å². The molecule has 7 heteroatoms. The van der Waals surface area contributed by atoms with Gasteiger partial charge in [0.05, 0.1) is 11.4 Å². The van der Waals surface area contributed by atoms with Crippen molar-refractivity contribution in [3.8, 4) is 5.69 Å². The van der Waals surface area contributed by atoms with Gasteiger partial charge in [0, 0.05) is 28.6 Å². The van der Waals surface area contributed by atoms with Gasteiger partial charge in [0.15, 0.2) is 0 Å². The average Bonchev–Trinajstić information content (AvgIpc) is 3.22. The van der Waals surface area contributed by atoms with E-state index in [4.69, 9.17) is 16.7 Å². The van der Waals surface area contributed by atoms with Crippen molar-refractivity contribution in [2.24, 2.45) is 5.92 Å². The maximum atomic E-state index is 13.4. The monoisotopic (exact) mass is 522 g/mol. The Balaban J connectivity index is 1.85. The van der Waals surface area contributed by atoms with E-state index in [1.165, 1.54) is 0 Å². The van der Waals surface area contributed by atoms with Crippen LogP contribution in [0.5, 0.6) is 0 Å². The second-order valence-electron chi connectivity index (χ2n) is 12.0. The molecule has 0 aliphatic heterocycles. The van der Waals surface area contributed by atoms with Crippen LogP contribution in [0.15, 0.2) is 54.6 Å². The van der Waals surface area contributed by atoms with Crippen LogP contribution in [0.3, 0.4) is 0 Å². The summed E-state index contributed by atoms with van der Waals surface area (Å²) in [5.74, 6) is 0.309. The number of anilines is 1. The van der Waals surface area contributed by atoms with Crippen LogP contribution in [0.2, 0.25) is 5.02 Å². The minimum atomic E-state index is -0.282. The van der Waals surface area contributed by atoms with Gasteiger partial charge in [-0.25, -0.2) is 4.68 Å². The summed E-state index contributed by atoms with van der Waals surface area (Å²) < 4.78 is 1.70. The second-order valence-corrected chi connectivity index (χ2v) is 12.4. The topological polar surface area (TPSA) is 67.2 Å². The summed E-state index contributed by atoms with van der Waals surface area (Å²) >= 11 is 6.07. The van der Waals surface area contributed by atoms with Gasteiger partial charge in [0.25, 0.3) is 5.91 Å². The largest absolute Gasteiger partial charge is 0.329 e. The van der Waals surface area contributed by atoms with Crippen molar-refractivity contribution in [3.63, 3.8) is 0 Å². The molecule has 0 fully saturated rings. The summed E-state index contributed by atoms with van der Waals surface area (Å²) in [6.07, 6.45) is 0. The lowest BCUT2D eigenvalue weighted by molar-refractivity contribution is -0.117. The number of hydrogen-bond acceptors (Lipinski definition) is 3. The number of rotatable bonds is 7. The molecule has 0 saturated heterocycles. The van der Waals surface area contributed by atoms with Gasteiger partial charge < -0.3 is 10.2 Å². The number of carbonyl (C=O) groups is 2. The zero-order valence-corrected chi connectivity index (χ0v) is 24.0. The fourth-order valence-electron chi connectivity index (χ4n) is 3.93. The van der Waals surface area contributed by atoms with Crippen LogP contribution in [0.1, 0.15) is 77.0 Å². The zero-order valence-electron chi connectivity index (χ0n) is 23.2. The Bertz CT molecular complexity index is 1230. The van der Waals surface area contributed by atoms with Crippen molar-refractivity contribution >= 4 is 29.2 Å². The molecule has 2 aromatic carbocycles. The third-order valence-electron chi connectivity index (χ3n) is 6.02. The summed E-state index contributed by atoms with van der Waals surface area (Å²) in [7, 11) is 0. The second kappa shape index (κ2) is 11.1. The summed E-state index contributed by atoms with van der Waals surface area (Å²) in [6, 6.07) is 16.8. The number of carbonyl (C=O) groups excluding carboxylic acids is 2. The Kier molecular flexibility index (Phi) is 8.53. The summed E-state index contributed by atoms with van der Waals surface area (Å²) in [5.41, 5.74) is 3.13. The Morgan fingerprint density at radius 2 is 1.54 bits per heavy atom. The Morgan fingerprint density at radius 1 is 0.946 bits per heavy atom. The maximum Gasteiger partial charge on any atom is 0.254 e. The van der Waals surface area contributed by atoms with Crippen molar-refractivity contribution in [3.05, 3.63) is 76.4 Å². The molecular weight excluding hydrogens is 484 g/mol. The van der Waals surface area contributed by atoms with Gasteiger partial charge in [-0.3, -0.25) is 9.59 Å². The van der Waals surface area contributed by atoms with E-state index >= 15 is 0 Å². The first-order valence-electron chi connectivity index (χ1n) is 12.7. The van der Waals surface area contributed by atoms with Crippen molar-refractivity contribution in [2.75, 3.05) is 18.4 Å². The third kappa shape index (κ3) is 7.45. The van der Waals surface area contributed by atoms with Gasteiger partial charge >= 0.3 is 0 Å². The number of nitrogens with one attached hydrogen (secondary N) is 1. The van der Waals surface area contributed by atoms with Crippen molar-refractivity contribution in [1.29, 1.82) is 0 Å². The molecule has 198 valence electrons. The molecule has 1 aromatic heterocycles. The lowest BCUT2D eigenvalue weighted by Crippen LogP contribution is -2.40. The van der Waals surface area contributed by atoms with Crippen LogP contribution in [-0.2, 0) is 15.6 Å². The molecule has 0 bridgehead atoms. The SMILES string of the molecule is CC(C)CN(CC(=O)Nc1cc(C(C)(C)C)nn1-c1ccc(Cl)cc1)C(=O)c1ccc(C(C)(C)C)cc1. The molecule has 3 aromatic rings. The first-order valence-corrected chi connectivity index (χ1v) is 13.1. The number of nitrogens with zero attached hydrogens (tertiary/aromatic N) is 3. The predicted octanol–water partition coefficient (Wildman–Crippen LogP) is 6.86. The maximum absolute atomic E-state index is 13.4. The van der Waals surface area contributed by atoms with E-state index in [-0.39, 0.29) is 35.1 Å². The smallest absolute Gasteiger partial charge is 0.254 e. The van der Waals surface area contributed by atoms with E-state index in [0.29, 0.717) is 22.9 Å². The van der Waals surface area contributed by atoms with Gasteiger partial charge in [-0.05, 0) is 53.3 Å². The minimum absolute atomic E-state index is 0.00196. The van der Waals surface area contributed by atoms with Gasteiger partial charge in [-0.1, -0.05) is 79.1 Å². The quantitative estimate of drug-likeness (QED) is 0.368. The molecule has 1 N–H and O–H groups in total. The molecule has 0 saturated carbocycles. The number of hydrogen-bond donors (Lipinski definition) is 1. The predicted molar refractivity (Wildman–Crippen MR) is 152 cm³/mol. The minimum Gasteiger partial charge on any atom is -0.329 e. The van der Waals surface area contributed by atoms with E-state index in [1.54, 1.807) is 21.7 Å². The molecule has 0 spiro atoms. The molecular formula is C30H39ClN4O2. The first kappa shape index (κ1) is 28.5. The van der Waals surface area contributed by atoms with Crippen molar-refractivity contribution in [1.82, 2.24) is 14.7 Å². The molecule has 37 heavy (non-hydrogen) atoms. The van der Waals surface area contributed by atoms with Crippen LogP contribution in [0.4, 0.5) is 5.82 Å². The van der Waals surface area contributed by atoms with Crippen LogP contribution in [0, 0.1) is 5.92 Å². The molecule has 0 aliphatic carbocycles. The highest BCUT2D eigenvalue weighted by Crippen LogP contribution is 2.27. The van der Waals surface area contributed by atoms with Gasteiger partial charge in [-0.2, -0.15) is 5.10 Å². The van der Waals surface area contributed by atoms with Crippen LogP contribution >= 0.6 is 11.6 Å². The Labute approximate surface area is 226 Å². The lowest BCUT2D eigenvalue weighted by atomic mass is 9.86. The molecule has 1 heterocycles. The lowest BCUT2D eigenvalue weighted by Gasteiger charge is -2.25. The van der Waals surface area contributed by atoms with Gasteiger partial charge in [0.2, 0.25) is 5.91 Å². The highest BCUT2D eigenvalue weighted by molar-refractivity contribution is 6.30. The number of aromatic nitrogens is 2. The normalized spacial score (nSPS) is 12.1. The van der Waals surface area contributed by atoms with E-state index in [1.807, 2.05) is 56.3 Å².